The van der Waals surface area contributed by atoms with Gasteiger partial charge in [0.25, 0.3) is 0 Å². The second kappa shape index (κ2) is 5.87. The molecule has 0 bridgehead atoms. The van der Waals surface area contributed by atoms with Gasteiger partial charge in [-0.1, -0.05) is 38.1 Å². The van der Waals surface area contributed by atoms with Gasteiger partial charge in [0.05, 0.1) is 0 Å². The summed E-state index contributed by atoms with van der Waals surface area (Å²) in [4.78, 5) is 11.7. The quantitative estimate of drug-likeness (QED) is 0.833. The van der Waals surface area contributed by atoms with Gasteiger partial charge in [-0.2, -0.15) is 0 Å². The highest BCUT2D eigenvalue weighted by molar-refractivity contribution is 5.96. The minimum Gasteiger partial charge on any atom is -0.330 e. The van der Waals surface area contributed by atoms with Crippen LogP contribution in [0, 0.1) is 5.41 Å². The van der Waals surface area contributed by atoms with E-state index in [1.54, 1.807) is 0 Å². The molecule has 0 unspecified atom stereocenters. The first-order chi connectivity index (χ1) is 9.02. The third-order valence-electron chi connectivity index (χ3n) is 4.41. The van der Waals surface area contributed by atoms with E-state index < -0.39 is 0 Å². The predicted molar refractivity (Wildman–Crippen MR) is 79.4 cm³/mol. The monoisotopic (exact) mass is 259 g/mol. The second-order valence-electron chi connectivity index (χ2n) is 6.52. The number of Topliss-reactive ketones (excluding diaryl/α,β-unsaturated/α-hetero) is 1. The van der Waals surface area contributed by atoms with Crippen LogP contribution in [0.4, 0.5) is 0 Å². The topological polar surface area (TPSA) is 43.1 Å². The Morgan fingerprint density at radius 3 is 2.32 bits per heavy atom. The number of hydrogen-bond donors (Lipinski definition) is 1. The standard InChI is InChI=1S/C17H25NO/c1-17(2)10-7-14(8-11-17)13-3-5-15(6-4-13)16(19)9-12-18/h3-6,14H,7-12,18H2,1-2H3. The molecule has 0 spiro atoms. The Balaban J connectivity index is 2.01. The molecule has 2 heteroatoms. The predicted octanol–water partition coefficient (Wildman–Crippen LogP) is 3.90. The Kier molecular flexibility index (Phi) is 4.41. The van der Waals surface area contributed by atoms with E-state index in [0.717, 1.165) is 5.56 Å². The Hall–Kier alpha value is -1.15. The smallest absolute Gasteiger partial charge is 0.164 e. The van der Waals surface area contributed by atoms with Crippen LogP contribution >= 0.6 is 0 Å². The molecule has 2 N–H and O–H groups in total. The summed E-state index contributed by atoms with van der Waals surface area (Å²) in [6, 6.07) is 8.19. The lowest BCUT2D eigenvalue weighted by Gasteiger charge is -2.34. The zero-order valence-corrected chi connectivity index (χ0v) is 12.1. The molecule has 1 aromatic carbocycles. The molecule has 1 aliphatic rings. The average Bonchev–Trinajstić information content (AvgIpc) is 2.39. The molecule has 1 saturated carbocycles. The molecule has 2 nitrogen and oxygen atoms in total. The van der Waals surface area contributed by atoms with Gasteiger partial charge in [-0.15, -0.1) is 0 Å². The van der Waals surface area contributed by atoms with Crippen LogP contribution in [0.25, 0.3) is 0 Å². The lowest BCUT2D eigenvalue weighted by Crippen LogP contribution is -2.20. The van der Waals surface area contributed by atoms with E-state index in [2.05, 4.69) is 26.0 Å². The normalized spacial score (nSPS) is 19.3. The van der Waals surface area contributed by atoms with E-state index >= 15 is 0 Å². The SMILES string of the molecule is CC1(C)CCC(c2ccc(C(=O)CCN)cc2)CC1. The van der Waals surface area contributed by atoms with Crippen molar-refractivity contribution in [3.8, 4) is 0 Å². The molecule has 0 aliphatic heterocycles. The van der Waals surface area contributed by atoms with E-state index in [0.29, 0.717) is 24.3 Å². The fourth-order valence-electron chi connectivity index (χ4n) is 2.95. The minimum atomic E-state index is 0.152. The lowest BCUT2D eigenvalue weighted by atomic mass is 9.71. The first-order valence-corrected chi connectivity index (χ1v) is 7.35. The number of carbonyl (C=O) groups excluding carboxylic acids is 1. The van der Waals surface area contributed by atoms with E-state index in [1.807, 2.05) is 12.1 Å². The molecular formula is C17H25NO. The van der Waals surface area contributed by atoms with Gasteiger partial charge < -0.3 is 5.73 Å². The summed E-state index contributed by atoms with van der Waals surface area (Å²) in [7, 11) is 0. The zero-order valence-electron chi connectivity index (χ0n) is 12.1. The van der Waals surface area contributed by atoms with Crippen molar-refractivity contribution >= 4 is 5.78 Å². The van der Waals surface area contributed by atoms with Crippen molar-refractivity contribution in [1.82, 2.24) is 0 Å². The largest absolute Gasteiger partial charge is 0.330 e. The highest BCUT2D eigenvalue weighted by Gasteiger charge is 2.27. The van der Waals surface area contributed by atoms with Gasteiger partial charge >= 0.3 is 0 Å². The van der Waals surface area contributed by atoms with Crippen LogP contribution in [0.3, 0.4) is 0 Å². The minimum absolute atomic E-state index is 0.152. The van der Waals surface area contributed by atoms with Gasteiger partial charge in [-0.25, -0.2) is 0 Å². The maximum absolute atomic E-state index is 11.7. The van der Waals surface area contributed by atoms with Crippen LogP contribution in [-0.2, 0) is 0 Å². The number of rotatable bonds is 4. The van der Waals surface area contributed by atoms with Crippen LogP contribution < -0.4 is 5.73 Å². The summed E-state index contributed by atoms with van der Waals surface area (Å²) in [6.07, 6.45) is 5.57. The van der Waals surface area contributed by atoms with E-state index in [-0.39, 0.29) is 5.78 Å². The van der Waals surface area contributed by atoms with E-state index in [9.17, 15) is 4.79 Å². The molecule has 2 rings (SSSR count). The number of carbonyl (C=O) groups is 1. The first kappa shape index (κ1) is 14.3. The Labute approximate surface area is 116 Å². The van der Waals surface area contributed by atoms with Gasteiger partial charge in [-0.3, -0.25) is 4.79 Å². The number of nitrogens with two attached hydrogens (primary N) is 1. The highest BCUT2D eigenvalue weighted by atomic mass is 16.1. The summed E-state index contributed by atoms with van der Waals surface area (Å²) in [5.41, 5.74) is 8.11. The molecule has 0 aromatic heterocycles. The van der Waals surface area contributed by atoms with Gasteiger partial charge in [0.2, 0.25) is 0 Å². The van der Waals surface area contributed by atoms with Crippen molar-refractivity contribution in [2.24, 2.45) is 11.1 Å². The summed E-state index contributed by atoms with van der Waals surface area (Å²) >= 11 is 0. The Morgan fingerprint density at radius 2 is 1.79 bits per heavy atom. The van der Waals surface area contributed by atoms with Crippen LogP contribution in [0.1, 0.15) is 67.8 Å². The third-order valence-corrected chi connectivity index (χ3v) is 4.41. The molecule has 1 aliphatic carbocycles. The summed E-state index contributed by atoms with van der Waals surface area (Å²) < 4.78 is 0. The molecule has 0 atom stereocenters. The van der Waals surface area contributed by atoms with Crippen molar-refractivity contribution in [2.45, 2.75) is 51.9 Å². The molecule has 0 radical (unpaired) electrons. The van der Waals surface area contributed by atoms with Crippen LogP contribution in [0.2, 0.25) is 0 Å². The number of ketones is 1. The molecule has 0 amide bonds. The molecule has 0 saturated heterocycles. The maximum Gasteiger partial charge on any atom is 0.164 e. The molecule has 0 heterocycles. The van der Waals surface area contributed by atoms with Crippen molar-refractivity contribution in [2.75, 3.05) is 6.54 Å². The van der Waals surface area contributed by atoms with Crippen molar-refractivity contribution in [3.05, 3.63) is 35.4 Å². The third kappa shape index (κ3) is 3.66. The molecule has 104 valence electrons. The van der Waals surface area contributed by atoms with Crippen molar-refractivity contribution < 1.29 is 4.79 Å². The van der Waals surface area contributed by atoms with Crippen LogP contribution in [-0.4, -0.2) is 12.3 Å². The number of benzene rings is 1. The number of hydrogen-bond acceptors (Lipinski definition) is 2. The highest BCUT2D eigenvalue weighted by Crippen LogP contribution is 2.42. The summed E-state index contributed by atoms with van der Waals surface area (Å²) in [5, 5.41) is 0. The van der Waals surface area contributed by atoms with E-state index in [4.69, 9.17) is 5.73 Å². The van der Waals surface area contributed by atoms with Crippen LogP contribution in [0.5, 0.6) is 0 Å². The Bertz CT molecular complexity index is 423. The first-order valence-electron chi connectivity index (χ1n) is 7.35. The fraction of sp³-hybridized carbons (Fsp3) is 0.588. The molecule has 1 aromatic rings. The lowest BCUT2D eigenvalue weighted by molar-refractivity contribution is 0.0985. The molecular weight excluding hydrogens is 234 g/mol. The van der Waals surface area contributed by atoms with Crippen molar-refractivity contribution in [1.29, 1.82) is 0 Å². The van der Waals surface area contributed by atoms with Gasteiger partial charge in [0.1, 0.15) is 0 Å². The fourth-order valence-corrected chi connectivity index (χ4v) is 2.95. The van der Waals surface area contributed by atoms with Gasteiger partial charge in [-0.05, 0) is 49.1 Å². The summed E-state index contributed by atoms with van der Waals surface area (Å²) in [5.74, 6) is 0.825. The van der Waals surface area contributed by atoms with E-state index in [1.165, 1.54) is 31.2 Å². The maximum atomic E-state index is 11.7. The zero-order chi connectivity index (χ0) is 13.9. The summed E-state index contributed by atoms with van der Waals surface area (Å²) in [6.45, 7) is 5.15. The van der Waals surface area contributed by atoms with Crippen molar-refractivity contribution in [3.63, 3.8) is 0 Å². The molecule has 1 fully saturated rings. The second-order valence-corrected chi connectivity index (χ2v) is 6.52. The van der Waals surface area contributed by atoms with Gasteiger partial charge in [0.15, 0.2) is 5.78 Å². The molecule has 19 heavy (non-hydrogen) atoms. The van der Waals surface area contributed by atoms with Crippen LogP contribution in [0.15, 0.2) is 24.3 Å². The van der Waals surface area contributed by atoms with Gasteiger partial charge in [0, 0.05) is 12.0 Å². The average molecular weight is 259 g/mol. The Morgan fingerprint density at radius 1 is 1.21 bits per heavy atom.